The highest BCUT2D eigenvalue weighted by Gasteiger charge is 2.18. The maximum absolute atomic E-state index is 5.47. The van der Waals surface area contributed by atoms with E-state index in [9.17, 15) is 0 Å². The molecule has 4 rings (SSSR count). The quantitative estimate of drug-likeness (QED) is 0.747. The van der Waals surface area contributed by atoms with E-state index in [0.717, 1.165) is 54.0 Å². The molecule has 0 radical (unpaired) electrons. The van der Waals surface area contributed by atoms with Crippen molar-refractivity contribution in [2.45, 2.75) is 26.8 Å². The van der Waals surface area contributed by atoms with Crippen LogP contribution in [0.25, 0.3) is 0 Å². The molecule has 0 aliphatic carbocycles. The van der Waals surface area contributed by atoms with Gasteiger partial charge >= 0.3 is 0 Å². The van der Waals surface area contributed by atoms with E-state index in [1.807, 2.05) is 25.1 Å². The zero-order valence-corrected chi connectivity index (χ0v) is 16.0. The van der Waals surface area contributed by atoms with Crippen LogP contribution in [0.1, 0.15) is 22.5 Å². The van der Waals surface area contributed by atoms with Crippen LogP contribution < -0.4 is 15.0 Å². The van der Waals surface area contributed by atoms with Crippen molar-refractivity contribution in [2.75, 3.05) is 23.9 Å². The molecule has 0 unspecified atom stereocenters. The highest BCUT2D eigenvalue weighted by molar-refractivity contribution is 5.67. The molecule has 5 nitrogen and oxygen atoms in total. The van der Waals surface area contributed by atoms with Gasteiger partial charge < -0.3 is 15.0 Å². The first-order chi connectivity index (χ1) is 13.1. The molecule has 1 N–H and O–H groups in total. The van der Waals surface area contributed by atoms with Crippen LogP contribution in [0.5, 0.6) is 5.75 Å². The third kappa shape index (κ3) is 3.72. The Labute approximate surface area is 160 Å². The van der Waals surface area contributed by atoms with Crippen LogP contribution in [0.2, 0.25) is 0 Å². The van der Waals surface area contributed by atoms with Gasteiger partial charge in [0.1, 0.15) is 23.2 Å². The average molecular weight is 360 g/mol. The summed E-state index contributed by atoms with van der Waals surface area (Å²) in [6.07, 6.45) is 1.04. The average Bonchev–Trinajstić information content (AvgIpc) is 2.67. The van der Waals surface area contributed by atoms with E-state index >= 15 is 0 Å². The molecule has 1 aliphatic rings. The van der Waals surface area contributed by atoms with Crippen molar-refractivity contribution in [3.63, 3.8) is 0 Å². The lowest BCUT2D eigenvalue weighted by Gasteiger charge is -2.30. The summed E-state index contributed by atoms with van der Waals surface area (Å²) in [4.78, 5) is 11.6. The SMILES string of the molecule is COc1ccc(C)cc1Nc1cc(N2CCc3ccccc3C2)nc(C)n1. The molecule has 2 aromatic carbocycles. The molecule has 0 saturated heterocycles. The highest BCUT2D eigenvalue weighted by Crippen LogP contribution is 2.30. The van der Waals surface area contributed by atoms with E-state index in [1.165, 1.54) is 11.1 Å². The van der Waals surface area contributed by atoms with Crippen molar-refractivity contribution in [1.82, 2.24) is 9.97 Å². The zero-order valence-electron chi connectivity index (χ0n) is 16.0. The Balaban J connectivity index is 1.62. The molecule has 0 bridgehead atoms. The number of rotatable bonds is 4. The smallest absolute Gasteiger partial charge is 0.142 e. The van der Waals surface area contributed by atoms with Gasteiger partial charge in [-0.05, 0) is 49.1 Å². The van der Waals surface area contributed by atoms with Gasteiger partial charge in [-0.25, -0.2) is 9.97 Å². The summed E-state index contributed by atoms with van der Waals surface area (Å²) in [6.45, 7) is 5.83. The molecular formula is C22H24N4O. The summed E-state index contributed by atoms with van der Waals surface area (Å²) in [5.41, 5.74) is 4.87. The van der Waals surface area contributed by atoms with Crippen LogP contribution in [-0.2, 0) is 13.0 Å². The number of fused-ring (bicyclic) bond motifs is 1. The number of hydrogen-bond acceptors (Lipinski definition) is 5. The largest absolute Gasteiger partial charge is 0.495 e. The molecule has 1 aromatic heterocycles. The van der Waals surface area contributed by atoms with Crippen molar-refractivity contribution in [3.8, 4) is 5.75 Å². The van der Waals surface area contributed by atoms with Gasteiger partial charge in [0.15, 0.2) is 0 Å². The van der Waals surface area contributed by atoms with Crippen molar-refractivity contribution < 1.29 is 4.74 Å². The number of aryl methyl sites for hydroxylation is 2. The molecule has 0 amide bonds. The molecule has 0 atom stereocenters. The number of ether oxygens (including phenoxy) is 1. The van der Waals surface area contributed by atoms with Crippen LogP contribution in [-0.4, -0.2) is 23.6 Å². The Morgan fingerprint density at radius 3 is 2.63 bits per heavy atom. The third-order valence-corrected chi connectivity index (χ3v) is 4.90. The molecule has 5 heteroatoms. The predicted molar refractivity (Wildman–Crippen MR) is 109 cm³/mol. The fourth-order valence-corrected chi connectivity index (χ4v) is 3.53. The van der Waals surface area contributed by atoms with Crippen molar-refractivity contribution in [1.29, 1.82) is 0 Å². The second-order valence-corrected chi connectivity index (χ2v) is 6.93. The van der Waals surface area contributed by atoms with E-state index in [1.54, 1.807) is 7.11 Å². The molecule has 2 heterocycles. The Bertz CT molecular complexity index is 970. The molecule has 138 valence electrons. The first-order valence-electron chi connectivity index (χ1n) is 9.21. The fraction of sp³-hybridized carbons (Fsp3) is 0.273. The van der Waals surface area contributed by atoms with Crippen LogP contribution in [0.3, 0.4) is 0 Å². The number of methoxy groups -OCH3 is 1. The number of anilines is 3. The number of benzene rings is 2. The Morgan fingerprint density at radius 2 is 1.81 bits per heavy atom. The monoisotopic (exact) mass is 360 g/mol. The highest BCUT2D eigenvalue weighted by atomic mass is 16.5. The summed E-state index contributed by atoms with van der Waals surface area (Å²) in [6, 6.07) is 16.7. The Morgan fingerprint density at radius 1 is 1.00 bits per heavy atom. The lowest BCUT2D eigenvalue weighted by molar-refractivity contribution is 0.416. The number of nitrogens with zero attached hydrogens (tertiary/aromatic N) is 3. The number of aromatic nitrogens is 2. The van der Waals surface area contributed by atoms with E-state index in [0.29, 0.717) is 0 Å². The topological polar surface area (TPSA) is 50.3 Å². The second kappa shape index (κ2) is 7.27. The summed E-state index contributed by atoms with van der Waals surface area (Å²) >= 11 is 0. The summed E-state index contributed by atoms with van der Waals surface area (Å²) in [7, 11) is 1.68. The first kappa shape index (κ1) is 17.3. The van der Waals surface area contributed by atoms with Crippen molar-refractivity contribution in [3.05, 3.63) is 71.0 Å². The minimum Gasteiger partial charge on any atom is -0.495 e. The molecule has 1 aliphatic heterocycles. The molecule has 27 heavy (non-hydrogen) atoms. The van der Waals surface area contributed by atoms with Gasteiger partial charge in [-0.3, -0.25) is 0 Å². The van der Waals surface area contributed by atoms with Crippen LogP contribution in [0.15, 0.2) is 48.5 Å². The van der Waals surface area contributed by atoms with E-state index in [4.69, 9.17) is 4.74 Å². The van der Waals surface area contributed by atoms with Crippen LogP contribution >= 0.6 is 0 Å². The summed E-state index contributed by atoms with van der Waals surface area (Å²) < 4.78 is 5.47. The Hall–Kier alpha value is -3.08. The maximum atomic E-state index is 5.47. The third-order valence-electron chi connectivity index (χ3n) is 4.90. The fourth-order valence-electron chi connectivity index (χ4n) is 3.53. The standard InChI is InChI=1S/C22H24N4O/c1-15-8-9-20(27-3)19(12-15)25-21-13-22(24-16(2)23-21)26-11-10-17-6-4-5-7-18(17)14-26/h4-9,12-13H,10-11,14H2,1-3H3,(H,23,24,25). The summed E-state index contributed by atoms with van der Waals surface area (Å²) in [5, 5.41) is 3.40. The van der Waals surface area contributed by atoms with Gasteiger partial charge in [0.25, 0.3) is 0 Å². The van der Waals surface area contributed by atoms with Gasteiger partial charge in [0.05, 0.1) is 12.8 Å². The second-order valence-electron chi connectivity index (χ2n) is 6.93. The minimum absolute atomic E-state index is 0.750. The minimum atomic E-state index is 0.750. The maximum Gasteiger partial charge on any atom is 0.142 e. The van der Waals surface area contributed by atoms with Crippen molar-refractivity contribution in [2.24, 2.45) is 0 Å². The van der Waals surface area contributed by atoms with Gasteiger partial charge in [0, 0.05) is 19.2 Å². The van der Waals surface area contributed by atoms with Crippen LogP contribution in [0.4, 0.5) is 17.3 Å². The molecule has 0 fully saturated rings. The normalized spacial score (nSPS) is 13.2. The van der Waals surface area contributed by atoms with Gasteiger partial charge in [-0.2, -0.15) is 0 Å². The molecular weight excluding hydrogens is 336 g/mol. The lowest BCUT2D eigenvalue weighted by atomic mass is 10.00. The van der Waals surface area contributed by atoms with Crippen LogP contribution in [0, 0.1) is 13.8 Å². The number of nitrogens with one attached hydrogen (secondary N) is 1. The van der Waals surface area contributed by atoms with E-state index < -0.39 is 0 Å². The first-order valence-corrected chi connectivity index (χ1v) is 9.21. The molecule has 0 spiro atoms. The predicted octanol–water partition coefficient (Wildman–Crippen LogP) is 4.41. The summed E-state index contributed by atoms with van der Waals surface area (Å²) in [5.74, 6) is 3.28. The van der Waals surface area contributed by atoms with Crippen molar-refractivity contribution >= 4 is 17.3 Å². The zero-order chi connectivity index (χ0) is 18.8. The molecule has 0 saturated carbocycles. The van der Waals surface area contributed by atoms with Gasteiger partial charge in [0.2, 0.25) is 0 Å². The van der Waals surface area contributed by atoms with E-state index in [-0.39, 0.29) is 0 Å². The number of hydrogen-bond donors (Lipinski definition) is 1. The van der Waals surface area contributed by atoms with Gasteiger partial charge in [-0.1, -0.05) is 30.3 Å². The Kier molecular flexibility index (Phi) is 4.67. The van der Waals surface area contributed by atoms with Gasteiger partial charge in [-0.15, -0.1) is 0 Å². The van der Waals surface area contributed by atoms with E-state index in [2.05, 4.69) is 57.4 Å². The molecule has 3 aromatic rings. The lowest BCUT2D eigenvalue weighted by Crippen LogP contribution is -2.31.